The van der Waals surface area contributed by atoms with Gasteiger partial charge in [-0.3, -0.25) is 14.6 Å². The number of nitrogens with zero attached hydrogens (tertiary/aromatic N) is 1. The third-order valence-electron chi connectivity index (χ3n) is 15.4. The second kappa shape index (κ2) is 11.1. The number of aliphatic hydroxyl groups is 1. The summed E-state index contributed by atoms with van der Waals surface area (Å²) in [5, 5.41) is 11.0. The molecule has 0 aliphatic heterocycles. The van der Waals surface area contributed by atoms with Gasteiger partial charge in [0.1, 0.15) is 12.4 Å². The van der Waals surface area contributed by atoms with Gasteiger partial charge in [0.2, 0.25) is 0 Å². The Kier molecular flexibility index (Phi) is 8.45. The molecule has 6 nitrogen and oxygen atoms in total. The minimum absolute atomic E-state index is 0.0233. The molecule has 0 aromatic carbocycles. The number of aliphatic imine (C=N–C) groups is 1. The summed E-state index contributed by atoms with van der Waals surface area (Å²) in [6, 6.07) is 0. The minimum Gasteiger partial charge on any atom is -0.459 e. The van der Waals surface area contributed by atoms with Gasteiger partial charge < -0.3 is 15.6 Å². The van der Waals surface area contributed by atoms with Crippen molar-refractivity contribution in [3.8, 4) is 0 Å². The molecule has 0 aromatic heterocycles. The summed E-state index contributed by atoms with van der Waals surface area (Å²) in [6.07, 6.45) is 8.93. The molecule has 10 unspecified atom stereocenters. The number of hydrogen-bond acceptors (Lipinski definition) is 6. The maximum Gasteiger partial charge on any atom is 0.312 e. The predicted octanol–water partition coefficient (Wildman–Crippen LogP) is 8.18. The van der Waals surface area contributed by atoms with Crippen LogP contribution in [0.3, 0.4) is 0 Å². The van der Waals surface area contributed by atoms with Gasteiger partial charge in [-0.1, -0.05) is 48.1 Å². The van der Waals surface area contributed by atoms with Crippen molar-refractivity contribution < 1.29 is 19.4 Å². The molecular formula is C39H62N2O4. The average Bonchev–Trinajstić information content (AvgIpc) is 2.95. The van der Waals surface area contributed by atoms with Gasteiger partial charge in [0.15, 0.2) is 0 Å². The maximum atomic E-state index is 14.6. The van der Waals surface area contributed by atoms with Crippen LogP contribution in [0.25, 0.3) is 0 Å². The molecule has 5 rings (SSSR count). The van der Waals surface area contributed by atoms with E-state index in [0.717, 1.165) is 69.1 Å². The number of allylic oxidation sites excluding steroid dienone is 2. The molecule has 0 spiro atoms. The SMILES string of the molecule is C=C(C)/C(C)=N\C(C)=C(/N)COC(=O)C1(C)CCC2(C)CCC3(C)C(CC(=O)C4C5(C)CCC(O)C(C)(C)C5CCC43C)C2C1. The van der Waals surface area contributed by atoms with Gasteiger partial charge in [0.25, 0.3) is 0 Å². The van der Waals surface area contributed by atoms with Crippen LogP contribution in [0.5, 0.6) is 0 Å². The molecule has 0 aromatic rings. The van der Waals surface area contributed by atoms with Gasteiger partial charge in [-0.2, -0.15) is 0 Å². The second-order valence-electron chi connectivity index (χ2n) is 18.2. The molecular weight excluding hydrogens is 560 g/mol. The van der Waals surface area contributed by atoms with E-state index >= 15 is 0 Å². The van der Waals surface area contributed by atoms with Crippen LogP contribution in [0.2, 0.25) is 0 Å². The first kappa shape index (κ1) is 34.4. The lowest BCUT2D eigenvalue weighted by Gasteiger charge is -2.72. The van der Waals surface area contributed by atoms with Crippen molar-refractivity contribution >= 4 is 17.5 Å². The highest BCUT2D eigenvalue weighted by Crippen LogP contribution is 2.76. The van der Waals surface area contributed by atoms with Crippen molar-refractivity contribution in [3.05, 3.63) is 23.5 Å². The van der Waals surface area contributed by atoms with Crippen LogP contribution in [0, 0.1) is 56.2 Å². The predicted molar refractivity (Wildman–Crippen MR) is 181 cm³/mol. The minimum atomic E-state index is -0.610. The van der Waals surface area contributed by atoms with E-state index in [0.29, 0.717) is 29.5 Å². The van der Waals surface area contributed by atoms with Gasteiger partial charge in [-0.05, 0) is 136 Å². The smallest absolute Gasteiger partial charge is 0.312 e. The van der Waals surface area contributed by atoms with E-state index in [4.69, 9.17) is 10.5 Å². The molecule has 5 aliphatic rings. The summed E-state index contributed by atoms with van der Waals surface area (Å²) >= 11 is 0. The zero-order valence-corrected chi connectivity index (χ0v) is 30.1. The van der Waals surface area contributed by atoms with Crippen LogP contribution < -0.4 is 5.73 Å². The van der Waals surface area contributed by atoms with Crippen LogP contribution >= 0.6 is 0 Å². The normalized spacial score (nSPS) is 46.5. The number of rotatable bonds is 5. The number of nitrogens with two attached hydrogens (primary N) is 1. The van der Waals surface area contributed by atoms with Crippen LogP contribution in [-0.4, -0.2) is 35.3 Å². The summed E-state index contributed by atoms with van der Waals surface area (Å²) in [5.41, 5.74) is 8.26. The van der Waals surface area contributed by atoms with E-state index in [-0.39, 0.29) is 63.5 Å². The lowest BCUT2D eigenvalue weighted by molar-refractivity contribution is -0.243. The summed E-state index contributed by atoms with van der Waals surface area (Å²) < 4.78 is 5.91. The Bertz CT molecular complexity index is 1330. The van der Waals surface area contributed by atoms with E-state index in [1.165, 1.54) is 0 Å². The molecule has 6 heteroatoms. The number of carbonyl (C=O) groups is 2. The van der Waals surface area contributed by atoms with Gasteiger partial charge in [-0.25, -0.2) is 0 Å². The van der Waals surface area contributed by atoms with Crippen molar-refractivity contribution in [3.63, 3.8) is 0 Å². The molecule has 0 heterocycles. The fourth-order valence-corrected chi connectivity index (χ4v) is 11.9. The molecule has 5 fully saturated rings. The molecule has 5 saturated carbocycles. The molecule has 5 aliphatic carbocycles. The Morgan fingerprint density at radius 1 is 0.933 bits per heavy atom. The van der Waals surface area contributed by atoms with Crippen LogP contribution in [0.15, 0.2) is 28.5 Å². The standard InChI is InChI=1S/C39H62N2O4/c1-23(2)24(3)41-25(4)28(40)22-45-33(44)36(8)17-16-35(7)18-19-38(10)26(27(35)21-36)20-29(42)32-37(9)14-13-31(43)34(5,6)30(37)12-15-39(32,38)11/h26-27,30-32,43H,1,12-22,40H2,2-11H3/b28-25-,41-24-. The number of ether oxygens (including phenoxy) is 1. The lowest BCUT2D eigenvalue weighted by atomic mass is 9.31. The summed E-state index contributed by atoms with van der Waals surface area (Å²) in [6.45, 7) is 25.9. The molecule has 0 radical (unpaired) electrons. The molecule has 3 N–H and O–H groups in total. The highest BCUT2D eigenvalue weighted by molar-refractivity contribution is 5.97. The number of hydrogen-bond donors (Lipinski definition) is 2. The van der Waals surface area contributed by atoms with E-state index in [1.807, 2.05) is 20.8 Å². The summed E-state index contributed by atoms with van der Waals surface area (Å²) in [4.78, 5) is 33.0. The number of fused-ring (bicyclic) bond motifs is 7. The molecule has 252 valence electrons. The van der Waals surface area contributed by atoms with Crippen molar-refractivity contribution in [2.24, 2.45) is 66.9 Å². The van der Waals surface area contributed by atoms with Crippen LogP contribution in [0.4, 0.5) is 0 Å². The first-order valence-corrected chi connectivity index (χ1v) is 17.7. The first-order chi connectivity index (χ1) is 20.7. The average molecular weight is 623 g/mol. The van der Waals surface area contributed by atoms with Crippen molar-refractivity contribution in [2.45, 2.75) is 140 Å². The van der Waals surface area contributed by atoms with E-state index in [2.05, 4.69) is 60.0 Å². The number of Topliss-reactive ketones (excluding diaryl/α,β-unsaturated/α-hetero) is 1. The third-order valence-corrected chi connectivity index (χ3v) is 15.4. The number of esters is 1. The van der Waals surface area contributed by atoms with Gasteiger partial charge in [0, 0.05) is 18.1 Å². The lowest BCUT2D eigenvalue weighted by Crippen LogP contribution is -2.69. The van der Waals surface area contributed by atoms with Gasteiger partial charge in [0.05, 0.1) is 22.9 Å². The van der Waals surface area contributed by atoms with Gasteiger partial charge in [-0.15, -0.1) is 0 Å². The maximum absolute atomic E-state index is 14.6. The van der Waals surface area contributed by atoms with E-state index < -0.39 is 5.41 Å². The molecule has 45 heavy (non-hydrogen) atoms. The Balaban J connectivity index is 1.41. The Labute approximate surface area is 273 Å². The van der Waals surface area contributed by atoms with Crippen molar-refractivity contribution in [1.82, 2.24) is 0 Å². The van der Waals surface area contributed by atoms with Crippen LogP contribution in [-0.2, 0) is 14.3 Å². The topological polar surface area (TPSA) is 102 Å². The zero-order valence-electron chi connectivity index (χ0n) is 30.1. The highest BCUT2D eigenvalue weighted by Gasteiger charge is 2.72. The van der Waals surface area contributed by atoms with Crippen LogP contribution in [0.1, 0.15) is 133 Å². The number of ketones is 1. The summed E-state index contributed by atoms with van der Waals surface area (Å²) in [7, 11) is 0. The highest BCUT2D eigenvalue weighted by atomic mass is 16.5. The zero-order chi connectivity index (χ0) is 33.5. The first-order valence-electron chi connectivity index (χ1n) is 17.7. The Morgan fingerprint density at radius 2 is 1.58 bits per heavy atom. The van der Waals surface area contributed by atoms with Crippen molar-refractivity contribution in [1.29, 1.82) is 0 Å². The molecule has 0 amide bonds. The van der Waals surface area contributed by atoms with Gasteiger partial charge >= 0.3 is 5.97 Å². The van der Waals surface area contributed by atoms with E-state index in [9.17, 15) is 14.7 Å². The summed E-state index contributed by atoms with van der Waals surface area (Å²) in [5.74, 6) is 1.17. The number of carbonyl (C=O) groups excluding carboxylic acids is 2. The fraction of sp³-hybridized carbons (Fsp3) is 0.821. The third kappa shape index (κ3) is 5.10. The second-order valence-corrected chi connectivity index (χ2v) is 18.2. The monoisotopic (exact) mass is 622 g/mol. The Hall–Kier alpha value is -1.95. The fourth-order valence-electron chi connectivity index (χ4n) is 11.9. The molecule has 0 bridgehead atoms. The number of aliphatic hydroxyl groups excluding tert-OH is 1. The van der Waals surface area contributed by atoms with E-state index in [1.54, 1.807) is 0 Å². The quantitative estimate of drug-likeness (QED) is 0.238. The molecule has 10 atom stereocenters. The Morgan fingerprint density at radius 3 is 2.22 bits per heavy atom. The van der Waals surface area contributed by atoms with Crippen molar-refractivity contribution in [2.75, 3.05) is 6.61 Å². The molecule has 0 saturated heterocycles. The largest absolute Gasteiger partial charge is 0.459 e.